The van der Waals surface area contributed by atoms with Crippen LogP contribution in [0.25, 0.3) is 6.08 Å². The molecule has 0 bridgehead atoms. The third-order valence-electron chi connectivity index (χ3n) is 6.15. The summed E-state index contributed by atoms with van der Waals surface area (Å²) in [5, 5.41) is 13.3. The number of sulfonamides is 1. The van der Waals surface area contributed by atoms with Crippen molar-refractivity contribution in [3.8, 4) is 6.07 Å². The minimum atomic E-state index is -3.95. The number of hydrogen-bond donors (Lipinski definition) is 1. The Balaban J connectivity index is 1.57. The van der Waals surface area contributed by atoms with Crippen LogP contribution in [0.3, 0.4) is 0 Å². The first-order valence-electron chi connectivity index (χ1n) is 12.1. The van der Waals surface area contributed by atoms with Gasteiger partial charge in [-0.2, -0.15) is 9.57 Å². The first-order valence-corrected chi connectivity index (χ1v) is 14.3. The van der Waals surface area contributed by atoms with Gasteiger partial charge in [0, 0.05) is 28.4 Å². The normalized spacial score (nSPS) is 11.8. The molecule has 0 unspecified atom stereocenters. The van der Waals surface area contributed by atoms with Crippen molar-refractivity contribution in [2.75, 3.05) is 5.32 Å². The monoisotopic (exact) mass is 593 g/mol. The van der Waals surface area contributed by atoms with Crippen molar-refractivity contribution in [2.45, 2.75) is 31.8 Å². The maximum Gasteiger partial charge on any atom is 0.266 e. The van der Waals surface area contributed by atoms with E-state index < -0.39 is 15.9 Å². The highest BCUT2D eigenvalue weighted by molar-refractivity contribution is 7.89. The molecule has 7 nitrogen and oxygen atoms in total. The number of rotatable bonds is 9. The lowest BCUT2D eigenvalue weighted by Crippen LogP contribution is -2.30. The van der Waals surface area contributed by atoms with E-state index in [0.29, 0.717) is 21.5 Å². The Morgan fingerprint density at radius 2 is 1.57 bits per heavy atom. The molecule has 0 aliphatic heterocycles. The molecule has 0 spiro atoms. The second kappa shape index (κ2) is 12.5. The molecule has 0 saturated heterocycles. The van der Waals surface area contributed by atoms with E-state index in [1.54, 1.807) is 42.5 Å². The molecule has 204 valence electrons. The topological polar surface area (TPSA) is 103 Å². The van der Waals surface area contributed by atoms with Crippen LogP contribution in [-0.2, 0) is 27.9 Å². The molecule has 0 radical (unpaired) electrons. The largest absolute Gasteiger partial charge is 0.460 e. The van der Waals surface area contributed by atoms with Crippen molar-refractivity contribution in [3.05, 3.63) is 123 Å². The Kier molecular flexibility index (Phi) is 9.13. The molecule has 4 rings (SSSR count). The number of benzene rings is 3. The Labute approximate surface area is 243 Å². The number of amides is 1. The zero-order valence-electron chi connectivity index (χ0n) is 21.7. The van der Waals surface area contributed by atoms with E-state index in [4.69, 9.17) is 27.6 Å². The lowest BCUT2D eigenvalue weighted by Gasteiger charge is -2.21. The van der Waals surface area contributed by atoms with Gasteiger partial charge in [0.05, 0.1) is 11.4 Å². The van der Waals surface area contributed by atoms with Gasteiger partial charge in [0.25, 0.3) is 5.91 Å². The Bertz CT molecular complexity index is 1710. The van der Waals surface area contributed by atoms with Gasteiger partial charge in [-0.15, -0.1) is 0 Å². The van der Waals surface area contributed by atoms with Crippen LogP contribution in [0.1, 0.15) is 28.2 Å². The molecule has 4 aromatic rings. The number of furan rings is 1. The molecule has 0 fully saturated rings. The molecule has 1 heterocycles. The summed E-state index contributed by atoms with van der Waals surface area (Å²) >= 11 is 12.0. The highest BCUT2D eigenvalue weighted by Crippen LogP contribution is 2.25. The molecule has 0 aliphatic carbocycles. The zero-order valence-corrected chi connectivity index (χ0v) is 24.0. The summed E-state index contributed by atoms with van der Waals surface area (Å²) in [4.78, 5) is 12.8. The summed E-state index contributed by atoms with van der Waals surface area (Å²) in [7, 11) is -3.95. The Hall–Kier alpha value is -3.87. The van der Waals surface area contributed by atoms with Gasteiger partial charge in [0.2, 0.25) is 10.0 Å². The summed E-state index contributed by atoms with van der Waals surface area (Å²) in [5.74, 6) is -0.0277. The van der Waals surface area contributed by atoms with Crippen LogP contribution < -0.4 is 5.32 Å². The summed E-state index contributed by atoms with van der Waals surface area (Å²) in [6.07, 6.45) is 1.32. The number of halogens is 2. The van der Waals surface area contributed by atoms with E-state index in [1.165, 1.54) is 34.6 Å². The minimum Gasteiger partial charge on any atom is -0.460 e. The summed E-state index contributed by atoms with van der Waals surface area (Å²) in [5.41, 5.74) is 3.22. The lowest BCUT2D eigenvalue weighted by molar-refractivity contribution is -0.112. The molecule has 1 N–H and O–H groups in total. The quantitative estimate of drug-likeness (QED) is 0.164. The number of carbonyl (C=O) groups excluding carboxylic acids is 1. The average Bonchev–Trinajstić information content (AvgIpc) is 3.37. The van der Waals surface area contributed by atoms with Gasteiger partial charge >= 0.3 is 0 Å². The summed E-state index contributed by atoms with van der Waals surface area (Å²) in [6, 6.07) is 23.3. The van der Waals surface area contributed by atoms with Gasteiger partial charge in [-0.05, 0) is 91.2 Å². The van der Waals surface area contributed by atoms with Gasteiger partial charge in [0.1, 0.15) is 23.2 Å². The van der Waals surface area contributed by atoms with E-state index in [2.05, 4.69) is 5.32 Å². The van der Waals surface area contributed by atoms with E-state index >= 15 is 0 Å². The predicted octanol–water partition coefficient (Wildman–Crippen LogP) is 7.14. The molecule has 1 amide bonds. The average molecular weight is 595 g/mol. The lowest BCUT2D eigenvalue weighted by atomic mass is 10.1. The van der Waals surface area contributed by atoms with Crippen molar-refractivity contribution in [2.24, 2.45) is 0 Å². The maximum atomic E-state index is 13.6. The van der Waals surface area contributed by atoms with Crippen molar-refractivity contribution in [1.82, 2.24) is 4.31 Å². The number of aryl methyl sites for hydroxylation is 2. The molecular weight excluding hydrogens is 569 g/mol. The third-order valence-corrected chi connectivity index (χ3v) is 8.46. The number of carbonyl (C=O) groups is 1. The van der Waals surface area contributed by atoms with Gasteiger partial charge in [-0.3, -0.25) is 4.79 Å². The van der Waals surface area contributed by atoms with Crippen LogP contribution in [0, 0.1) is 25.2 Å². The van der Waals surface area contributed by atoms with Gasteiger partial charge in [0.15, 0.2) is 0 Å². The molecule has 3 aromatic carbocycles. The highest BCUT2D eigenvalue weighted by Gasteiger charge is 2.26. The van der Waals surface area contributed by atoms with Crippen molar-refractivity contribution >= 4 is 50.9 Å². The van der Waals surface area contributed by atoms with Gasteiger partial charge in [-0.1, -0.05) is 41.4 Å². The van der Waals surface area contributed by atoms with Crippen LogP contribution in [0.4, 0.5) is 5.69 Å². The second-order valence-corrected chi connectivity index (χ2v) is 11.9. The standard InChI is InChI=1S/C30H25Cl2N3O4S/c1-20-3-10-26(15-21(20)2)34-30(36)23(17-33)16-27-11-12-28(39-27)19-35(18-22-4-6-24(31)7-5-22)40(37,38)29-13-8-25(32)9-14-29/h3-16H,18-19H2,1-2H3,(H,34,36)/b23-16-. The summed E-state index contributed by atoms with van der Waals surface area (Å²) in [6.45, 7) is 3.85. The fourth-order valence-corrected chi connectivity index (χ4v) is 5.46. The van der Waals surface area contributed by atoms with Crippen molar-refractivity contribution < 1.29 is 17.6 Å². The fourth-order valence-electron chi connectivity index (χ4n) is 3.81. The van der Waals surface area contributed by atoms with Crippen molar-refractivity contribution in [1.29, 1.82) is 5.26 Å². The number of anilines is 1. The highest BCUT2D eigenvalue weighted by atomic mass is 35.5. The maximum absolute atomic E-state index is 13.6. The minimum absolute atomic E-state index is 0.0514. The van der Waals surface area contributed by atoms with Gasteiger partial charge < -0.3 is 9.73 Å². The first-order chi connectivity index (χ1) is 19.0. The molecule has 0 atom stereocenters. The van der Waals surface area contributed by atoms with E-state index in [0.717, 1.165) is 16.7 Å². The number of nitrogens with zero attached hydrogens (tertiary/aromatic N) is 2. The Morgan fingerprint density at radius 3 is 2.20 bits per heavy atom. The fraction of sp³-hybridized carbons (Fsp3) is 0.133. The molecular formula is C30H25Cl2N3O4S. The smallest absolute Gasteiger partial charge is 0.266 e. The number of hydrogen-bond acceptors (Lipinski definition) is 5. The van der Waals surface area contributed by atoms with Crippen LogP contribution in [0.5, 0.6) is 0 Å². The van der Waals surface area contributed by atoms with Gasteiger partial charge in [-0.25, -0.2) is 8.42 Å². The molecule has 0 aliphatic rings. The van der Waals surface area contributed by atoms with Crippen LogP contribution in [-0.4, -0.2) is 18.6 Å². The predicted molar refractivity (Wildman–Crippen MR) is 156 cm³/mol. The van der Waals surface area contributed by atoms with Crippen LogP contribution in [0.15, 0.2) is 93.7 Å². The van der Waals surface area contributed by atoms with E-state index in [-0.39, 0.29) is 29.3 Å². The summed E-state index contributed by atoms with van der Waals surface area (Å²) < 4.78 is 34.2. The van der Waals surface area contributed by atoms with Crippen LogP contribution in [0.2, 0.25) is 10.0 Å². The Morgan fingerprint density at radius 1 is 0.925 bits per heavy atom. The second-order valence-electron chi connectivity index (χ2n) is 9.08. The number of nitrogens with one attached hydrogen (secondary N) is 1. The number of nitriles is 1. The molecule has 40 heavy (non-hydrogen) atoms. The third kappa shape index (κ3) is 7.20. The first kappa shape index (κ1) is 29.1. The molecule has 1 aromatic heterocycles. The molecule has 0 saturated carbocycles. The van der Waals surface area contributed by atoms with Crippen molar-refractivity contribution in [3.63, 3.8) is 0 Å². The van der Waals surface area contributed by atoms with E-state index in [9.17, 15) is 18.5 Å². The van der Waals surface area contributed by atoms with Crippen LogP contribution >= 0.6 is 23.2 Å². The SMILES string of the molecule is Cc1ccc(NC(=O)/C(C#N)=C\c2ccc(CN(Cc3ccc(Cl)cc3)S(=O)(=O)c3ccc(Cl)cc3)o2)cc1C. The zero-order chi connectivity index (χ0) is 28.9. The molecule has 10 heteroatoms. The van der Waals surface area contributed by atoms with E-state index in [1.807, 2.05) is 32.0 Å².